The maximum atomic E-state index is 9.28. The molecule has 5 heteroatoms. The van der Waals surface area contributed by atoms with E-state index in [-0.39, 0.29) is 5.89 Å². The average Bonchev–Trinajstić information content (AvgIpc) is 2.78. The van der Waals surface area contributed by atoms with Gasteiger partial charge in [0.25, 0.3) is 5.89 Å². The van der Waals surface area contributed by atoms with Crippen LogP contribution in [0.1, 0.15) is 30.3 Å². The molecule has 0 bridgehead atoms. The number of hydrogen-bond donors (Lipinski definition) is 1. The van der Waals surface area contributed by atoms with Crippen molar-refractivity contribution in [3.05, 3.63) is 41.5 Å². The lowest BCUT2D eigenvalue weighted by molar-refractivity contribution is 0.151. The predicted molar refractivity (Wildman–Crippen MR) is 60.7 cm³/mol. The van der Waals surface area contributed by atoms with Crippen LogP contribution in [-0.4, -0.2) is 22.4 Å². The molecule has 5 nitrogen and oxygen atoms in total. The van der Waals surface area contributed by atoms with Gasteiger partial charge in [0.1, 0.15) is 11.9 Å². The van der Waals surface area contributed by atoms with Gasteiger partial charge < -0.3 is 14.4 Å². The maximum Gasteiger partial charge on any atom is 0.255 e. The van der Waals surface area contributed by atoms with Gasteiger partial charge in [-0.2, -0.15) is 4.98 Å². The molecule has 0 radical (unpaired) electrons. The summed E-state index contributed by atoms with van der Waals surface area (Å²) >= 11 is 0. The van der Waals surface area contributed by atoms with E-state index >= 15 is 0 Å². The molecule has 1 atom stereocenters. The number of aromatic nitrogens is 2. The topological polar surface area (TPSA) is 68.4 Å². The van der Waals surface area contributed by atoms with Crippen LogP contribution in [0, 0.1) is 0 Å². The minimum atomic E-state index is -0.742. The number of aliphatic hydroxyl groups excluding tert-OH is 1. The van der Waals surface area contributed by atoms with Gasteiger partial charge in [-0.1, -0.05) is 23.4 Å². The van der Waals surface area contributed by atoms with Crippen molar-refractivity contribution in [2.24, 2.45) is 0 Å². The van der Waals surface area contributed by atoms with Crippen molar-refractivity contribution >= 4 is 0 Å². The lowest BCUT2D eigenvalue weighted by Crippen LogP contribution is -1.96. The molecule has 90 valence electrons. The molecule has 0 aliphatic rings. The van der Waals surface area contributed by atoms with E-state index in [4.69, 9.17) is 9.26 Å². The van der Waals surface area contributed by atoms with Crippen molar-refractivity contribution in [1.82, 2.24) is 10.1 Å². The molecule has 1 aromatic heterocycles. The fourth-order valence-electron chi connectivity index (χ4n) is 1.53. The zero-order chi connectivity index (χ0) is 12.3. The summed E-state index contributed by atoms with van der Waals surface area (Å²) in [4.78, 5) is 4.10. The Morgan fingerprint density at radius 1 is 1.41 bits per heavy atom. The minimum absolute atomic E-state index is 0.231. The van der Waals surface area contributed by atoms with Gasteiger partial charge in [0.2, 0.25) is 0 Å². The molecule has 2 rings (SSSR count). The monoisotopic (exact) mass is 234 g/mol. The van der Waals surface area contributed by atoms with E-state index in [1.165, 1.54) is 0 Å². The number of para-hydroxylation sites is 1. The first-order valence-corrected chi connectivity index (χ1v) is 5.33. The molecule has 0 amide bonds. The third kappa shape index (κ3) is 2.62. The SMILES string of the molecule is COc1ccccc1Cc1noc([C@H](C)O)n1. The van der Waals surface area contributed by atoms with Gasteiger partial charge in [0, 0.05) is 12.0 Å². The van der Waals surface area contributed by atoms with Crippen molar-refractivity contribution in [3.63, 3.8) is 0 Å². The first-order valence-electron chi connectivity index (χ1n) is 5.33. The highest BCUT2D eigenvalue weighted by Crippen LogP contribution is 2.20. The number of hydrogen-bond acceptors (Lipinski definition) is 5. The molecule has 0 spiro atoms. The lowest BCUT2D eigenvalue weighted by Gasteiger charge is -2.05. The highest BCUT2D eigenvalue weighted by atomic mass is 16.5. The summed E-state index contributed by atoms with van der Waals surface area (Å²) in [7, 11) is 1.62. The van der Waals surface area contributed by atoms with Gasteiger partial charge in [0.05, 0.1) is 7.11 Å². The quantitative estimate of drug-likeness (QED) is 0.872. The first-order chi connectivity index (χ1) is 8.20. The fraction of sp³-hybridized carbons (Fsp3) is 0.333. The molecular weight excluding hydrogens is 220 g/mol. The number of methoxy groups -OCH3 is 1. The van der Waals surface area contributed by atoms with E-state index in [0.29, 0.717) is 12.2 Å². The maximum absolute atomic E-state index is 9.28. The Balaban J connectivity index is 2.19. The second kappa shape index (κ2) is 4.97. The van der Waals surface area contributed by atoms with Gasteiger partial charge in [-0.15, -0.1) is 0 Å². The Kier molecular flexibility index (Phi) is 3.39. The van der Waals surface area contributed by atoms with Gasteiger partial charge >= 0.3 is 0 Å². The summed E-state index contributed by atoms with van der Waals surface area (Å²) < 4.78 is 10.2. The molecule has 1 aromatic carbocycles. The van der Waals surface area contributed by atoms with E-state index in [0.717, 1.165) is 11.3 Å². The molecule has 0 aliphatic carbocycles. The van der Waals surface area contributed by atoms with Crippen molar-refractivity contribution < 1.29 is 14.4 Å². The van der Waals surface area contributed by atoms with E-state index in [1.807, 2.05) is 24.3 Å². The van der Waals surface area contributed by atoms with Crippen LogP contribution in [0.15, 0.2) is 28.8 Å². The summed E-state index contributed by atoms with van der Waals surface area (Å²) in [6, 6.07) is 7.65. The van der Waals surface area contributed by atoms with Crippen molar-refractivity contribution in [2.45, 2.75) is 19.4 Å². The van der Waals surface area contributed by atoms with Gasteiger partial charge in [-0.3, -0.25) is 0 Å². The average molecular weight is 234 g/mol. The van der Waals surface area contributed by atoms with Crippen LogP contribution in [0.5, 0.6) is 5.75 Å². The van der Waals surface area contributed by atoms with Gasteiger partial charge in [-0.05, 0) is 13.0 Å². The normalized spacial score (nSPS) is 12.4. The van der Waals surface area contributed by atoms with Crippen molar-refractivity contribution in [3.8, 4) is 5.75 Å². The second-order valence-electron chi connectivity index (χ2n) is 3.71. The van der Waals surface area contributed by atoms with Crippen molar-refractivity contribution in [2.75, 3.05) is 7.11 Å². The molecule has 0 saturated heterocycles. The number of nitrogens with zero attached hydrogens (tertiary/aromatic N) is 2. The smallest absolute Gasteiger partial charge is 0.255 e. The van der Waals surface area contributed by atoms with Crippen LogP contribution < -0.4 is 4.74 Å². The van der Waals surface area contributed by atoms with Crippen LogP contribution in [0.25, 0.3) is 0 Å². The summed E-state index contributed by atoms with van der Waals surface area (Å²) in [6.07, 6.45) is -0.228. The Labute approximate surface area is 99.0 Å². The largest absolute Gasteiger partial charge is 0.496 e. The summed E-state index contributed by atoms with van der Waals surface area (Å²) in [5, 5.41) is 13.1. The fourth-order valence-corrected chi connectivity index (χ4v) is 1.53. The number of aliphatic hydroxyl groups is 1. The molecule has 17 heavy (non-hydrogen) atoms. The molecule has 1 heterocycles. The zero-order valence-corrected chi connectivity index (χ0v) is 9.75. The summed E-state index contributed by atoms with van der Waals surface area (Å²) in [5.74, 6) is 1.55. The molecule has 2 aromatic rings. The predicted octanol–water partition coefficient (Wildman–Crippen LogP) is 1.72. The Morgan fingerprint density at radius 3 is 2.82 bits per heavy atom. The van der Waals surface area contributed by atoms with E-state index < -0.39 is 6.10 Å². The molecular formula is C12H14N2O3. The summed E-state index contributed by atoms with van der Waals surface area (Å²) in [6.45, 7) is 1.58. The van der Waals surface area contributed by atoms with E-state index in [1.54, 1.807) is 14.0 Å². The molecule has 0 unspecified atom stereocenters. The van der Waals surface area contributed by atoms with Crippen LogP contribution in [0.2, 0.25) is 0 Å². The molecule has 0 saturated carbocycles. The van der Waals surface area contributed by atoms with Gasteiger partial charge in [-0.25, -0.2) is 0 Å². The molecule has 0 aliphatic heterocycles. The Bertz CT molecular complexity index is 494. The zero-order valence-electron chi connectivity index (χ0n) is 9.75. The Morgan fingerprint density at radius 2 is 2.18 bits per heavy atom. The highest BCUT2D eigenvalue weighted by molar-refractivity contribution is 5.35. The van der Waals surface area contributed by atoms with Gasteiger partial charge in [0.15, 0.2) is 5.82 Å². The van der Waals surface area contributed by atoms with Crippen molar-refractivity contribution in [1.29, 1.82) is 0 Å². The third-order valence-corrected chi connectivity index (χ3v) is 2.38. The second-order valence-corrected chi connectivity index (χ2v) is 3.71. The van der Waals surface area contributed by atoms with E-state index in [9.17, 15) is 5.11 Å². The minimum Gasteiger partial charge on any atom is -0.496 e. The lowest BCUT2D eigenvalue weighted by atomic mass is 10.1. The van der Waals surface area contributed by atoms with Crippen LogP contribution >= 0.6 is 0 Å². The Hall–Kier alpha value is -1.88. The number of ether oxygens (including phenoxy) is 1. The third-order valence-electron chi connectivity index (χ3n) is 2.38. The molecule has 0 fully saturated rings. The summed E-state index contributed by atoms with van der Waals surface area (Å²) in [5.41, 5.74) is 0.980. The van der Waals surface area contributed by atoms with Crippen LogP contribution in [-0.2, 0) is 6.42 Å². The highest BCUT2D eigenvalue weighted by Gasteiger charge is 2.12. The van der Waals surface area contributed by atoms with Crippen LogP contribution in [0.3, 0.4) is 0 Å². The number of rotatable bonds is 4. The first kappa shape index (κ1) is 11.6. The van der Waals surface area contributed by atoms with E-state index in [2.05, 4.69) is 10.1 Å². The van der Waals surface area contributed by atoms with Crippen LogP contribution in [0.4, 0.5) is 0 Å². The standard InChI is InChI=1S/C12H14N2O3/c1-8(15)12-13-11(14-17-12)7-9-5-3-4-6-10(9)16-2/h3-6,8,15H,7H2,1-2H3/t8-/m0/s1. The number of benzene rings is 1. The molecule has 1 N–H and O–H groups in total.